The highest BCUT2D eigenvalue weighted by molar-refractivity contribution is 7.70. The first-order chi connectivity index (χ1) is 17.5. The molecule has 4 aromatic rings. The lowest BCUT2D eigenvalue weighted by Gasteiger charge is -2.21. The van der Waals surface area contributed by atoms with Gasteiger partial charge in [-0.1, -0.05) is 12.1 Å². The van der Waals surface area contributed by atoms with Gasteiger partial charge in [-0.05, 0) is 55.6 Å². The number of carbonyl (C=O) groups excluding carboxylic acids is 1. The van der Waals surface area contributed by atoms with Crippen LogP contribution < -0.4 is 15.4 Å². The van der Waals surface area contributed by atoms with Crippen LogP contribution in [0.3, 0.4) is 0 Å². The molecule has 11 heteroatoms. The van der Waals surface area contributed by atoms with Gasteiger partial charge in [-0.25, -0.2) is 13.8 Å². The van der Waals surface area contributed by atoms with Crippen LogP contribution in [0.15, 0.2) is 48.5 Å². The second-order valence-electron chi connectivity index (χ2n) is 9.55. The first-order valence-corrected chi connectivity index (χ1v) is 14.1. The van der Waals surface area contributed by atoms with E-state index in [1.54, 1.807) is 4.57 Å². The van der Waals surface area contributed by atoms with Gasteiger partial charge in [-0.15, -0.1) is 0 Å². The lowest BCUT2D eigenvalue weighted by molar-refractivity contribution is -0.0507. The number of carbonyl (C=O) groups is 1. The minimum absolute atomic E-state index is 0.0759. The number of imidazole rings is 1. The average Bonchev–Trinajstić information content (AvgIpc) is 3.28. The van der Waals surface area contributed by atoms with Gasteiger partial charge in [0.25, 0.3) is 5.91 Å². The van der Waals surface area contributed by atoms with Gasteiger partial charge >= 0.3 is 6.61 Å². The third-order valence-corrected chi connectivity index (χ3v) is 8.42. The molecule has 6 rings (SSSR count). The monoisotopic (exact) mass is 529 g/mol. The molecule has 1 aromatic heterocycles. The molecule has 0 aliphatic carbocycles. The van der Waals surface area contributed by atoms with Gasteiger partial charge in [-0.2, -0.15) is 8.78 Å². The number of ether oxygens (including phenoxy) is 1. The smallest absolute Gasteiger partial charge is 0.387 e. The minimum atomic E-state index is -3.09. The molecule has 1 amide bonds. The number of nitrogens with one attached hydrogen (secondary N) is 1. The normalized spacial score (nSPS) is 18.5. The largest absolute Gasteiger partial charge is 0.434 e. The molecule has 3 heterocycles. The van der Waals surface area contributed by atoms with Gasteiger partial charge in [0, 0.05) is 28.1 Å². The van der Waals surface area contributed by atoms with Crippen LogP contribution in [0, 0.1) is 11.6 Å². The molecule has 6 nitrogen and oxygen atoms in total. The molecule has 0 spiro atoms. The molecule has 0 saturated carbocycles. The first kappa shape index (κ1) is 23.7. The van der Waals surface area contributed by atoms with Crippen molar-refractivity contribution >= 4 is 29.4 Å². The van der Waals surface area contributed by atoms with E-state index < -0.39 is 43.4 Å². The predicted octanol–water partition coefficient (Wildman–Crippen LogP) is 5.61. The second-order valence-corrected chi connectivity index (χ2v) is 12.7. The van der Waals surface area contributed by atoms with Crippen LogP contribution in [0.5, 0.6) is 5.75 Å². The van der Waals surface area contributed by atoms with E-state index in [4.69, 9.17) is 4.74 Å². The molecule has 3 aromatic carbocycles. The van der Waals surface area contributed by atoms with E-state index in [1.165, 1.54) is 55.8 Å². The lowest BCUT2D eigenvalue weighted by Crippen LogP contribution is -2.28. The number of rotatable bonds is 4. The number of aromatic nitrogens is 2. The van der Waals surface area contributed by atoms with Gasteiger partial charge in [0.2, 0.25) is 0 Å². The molecular formula is C26H20F4N3O3P. The Bertz CT molecular complexity index is 1660. The number of alkyl halides is 2. The molecule has 190 valence electrons. The zero-order chi connectivity index (χ0) is 26.2. The average molecular weight is 529 g/mol. The quantitative estimate of drug-likeness (QED) is 0.276. The summed E-state index contributed by atoms with van der Waals surface area (Å²) in [4.78, 5) is 17.4. The maximum absolute atomic E-state index is 15.2. The van der Waals surface area contributed by atoms with E-state index in [9.17, 15) is 22.5 Å². The molecule has 2 aliphatic heterocycles. The van der Waals surface area contributed by atoms with Crippen molar-refractivity contribution in [3.63, 3.8) is 0 Å². The Balaban J connectivity index is 1.55. The molecule has 2 aliphatic rings. The van der Waals surface area contributed by atoms with Gasteiger partial charge in [0.05, 0.1) is 23.1 Å². The van der Waals surface area contributed by atoms with E-state index in [1.807, 2.05) is 0 Å². The SMILES string of the molecule is CP(C)(=O)c1ccc(-c2cc3c(cc2F)nc2n3[C@@H]3C[C@H]2NC(=O)c2cccc(OC(F)F)c23)cc1F. The summed E-state index contributed by atoms with van der Waals surface area (Å²) in [5.74, 6) is -1.43. The van der Waals surface area contributed by atoms with E-state index in [-0.39, 0.29) is 27.7 Å². The van der Waals surface area contributed by atoms with Crippen molar-refractivity contribution in [3.8, 4) is 16.9 Å². The first-order valence-electron chi connectivity index (χ1n) is 11.5. The van der Waals surface area contributed by atoms with E-state index in [0.29, 0.717) is 28.8 Å². The summed E-state index contributed by atoms with van der Waals surface area (Å²) in [6.07, 6.45) is 0.346. The fourth-order valence-corrected chi connectivity index (χ4v) is 6.38. The van der Waals surface area contributed by atoms with Crippen molar-refractivity contribution in [1.82, 2.24) is 14.9 Å². The van der Waals surface area contributed by atoms with Crippen molar-refractivity contribution in [2.24, 2.45) is 0 Å². The Labute approximate surface area is 208 Å². The number of benzene rings is 3. The third kappa shape index (κ3) is 3.73. The summed E-state index contributed by atoms with van der Waals surface area (Å²) in [5.41, 5.74) is 1.65. The summed E-state index contributed by atoms with van der Waals surface area (Å²) >= 11 is 0. The topological polar surface area (TPSA) is 73.2 Å². The molecule has 37 heavy (non-hydrogen) atoms. The Morgan fingerprint density at radius 3 is 2.57 bits per heavy atom. The fraction of sp³-hybridized carbons (Fsp3) is 0.231. The van der Waals surface area contributed by atoms with Crippen LogP contribution >= 0.6 is 7.14 Å². The summed E-state index contributed by atoms with van der Waals surface area (Å²) in [5, 5.41) is 2.95. The van der Waals surface area contributed by atoms with E-state index in [2.05, 4.69) is 10.3 Å². The van der Waals surface area contributed by atoms with Gasteiger partial charge < -0.3 is 19.2 Å². The molecule has 2 bridgehead atoms. The molecule has 2 atom stereocenters. The minimum Gasteiger partial charge on any atom is -0.434 e. The molecular weight excluding hydrogens is 509 g/mol. The third-order valence-electron chi connectivity index (χ3n) is 6.89. The van der Waals surface area contributed by atoms with Crippen molar-refractivity contribution in [1.29, 1.82) is 0 Å². The van der Waals surface area contributed by atoms with Crippen molar-refractivity contribution in [2.75, 3.05) is 13.3 Å². The number of fused-ring (bicyclic) bond motifs is 9. The highest BCUT2D eigenvalue weighted by Crippen LogP contribution is 2.48. The van der Waals surface area contributed by atoms with Crippen LogP contribution in [0.1, 0.15) is 40.3 Å². The van der Waals surface area contributed by atoms with E-state index >= 15 is 4.39 Å². The van der Waals surface area contributed by atoms with Crippen LogP contribution in [0.4, 0.5) is 17.6 Å². The maximum atomic E-state index is 15.2. The molecule has 0 radical (unpaired) electrons. The van der Waals surface area contributed by atoms with Crippen LogP contribution in [-0.2, 0) is 4.57 Å². The Morgan fingerprint density at radius 1 is 1.08 bits per heavy atom. The number of nitrogens with zero attached hydrogens (tertiary/aromatic N) is 2. The molecule has 1 N–H and O–H groups in total. The fourth-order valence-electron chi connectivity index (χ4n) is 5.37. The summed E-state index contributed by atoms with van der Waals surface area (Å²) in [6.45, 7) is -0.179. The Hall–Kier alpha value is -3.65. The summed E-state index contributed by atoms with van der Waals surface area (Å²) in [6, 6.07) is 10.1. The standard InChI is InChI=1S/C26H20F4N3O3P/c1-37(2,35)22-7-6-12(8-16(22)28)14-9-19-17(10-15(14)27)31-24-18-11-20(33(19)24)23-13(25(34)32-18)4-3-5-21(23)36-26(29)30/h3-10,18,20,26H,11H2,1-2H3,(H,32,34)/t18-,20-/m1/s1. The zero-order valence-corrected chi connectivity index (χ0v) is 20.5. The van der Waals surface area contributed by atoms with Crippen molar-refractivity contribution in [3.05, 3.63) is 77.1 Å². The zero-order valence-electron chi connectivity index (χ0n) is 19.6. The lowest BCUT2D eigenvalue weighted by atomic mass is 9.97. The maximum Gasteiger partial charge on any atom is 0.387 e. The number of hydrogen-bond donors (Lipinski definition) is 1. The van der Waals surface area contributed by atoms with Crippen molar-refractivity contribution < 1.29 is 31.7 Å². The van der Waals surface area contributed by atoms with Gasteiger partial charge in [0.1, 0.15) is 30.4 Å². The van der Waals surface area contributed by atoms with Crippen LogP contribution in [0.25, 0.3) is 22.2 Å². The number of amides is 1. The molecule has 0 unspecified atom stereocenters. The van der Waals surface area contributed by atoms with E-state index in [0.717, 1.165) is 6.07 Å². The van der Waals surface area contributed by atoms with Gasteiger partial charge in [0.15, 0.2) is 0 Å². The predicted molar refractivity (Wildman–Crippen MR) is 130 cm³/mol. The van der Waals surface area contributed by atoms with Crippen molar-refractivity contribution in [2.45, 2.75) is 25.1 Å². The molecule has 0 fully saturated rings. The van der Waals surface area contributed by atoms with Crippen LogP contribution in [0.2, 0.25) is 0 Å². The summed E-state index contributed by atoms with van der Waals surface area (Å²) in [7, 11) is -2.87. The number of halogens is 4. The highest BCUT2D eigenvalue weighted by atomic mass is 31.2. The second kappa shape index (κ2) is 8.18. The van der Waals surface area contributed by atoms with Gasteiger partial charge in [-0.3, -0.25) is 4.79 Å². The molecule has 0 saturated heterocycles. The Morgan fingerprint density at radius 2 is 1.86 bits per heavy atom. The van der Waals surface area contributed by atoms with Crippen LogP contribution in [-0.4, -0.2) is 35.4 Å². The number of hydrogen-bond acceptors (Lipinski definition) is 4. The highest BCUT2D eigenvalue weighted by Gasteiger charge is 2.42. The summed E-state index contributed by atoms with van der Waals surface area (Å²) < 4.78 is 75.3. The Kier molecular flexibility index (Phi) is 5.25.